The van der Waals surface area contributed by atoms with E-state index in [9.17, 15) is 4.79 Å². The number of aromatic nitrogens is 2. The van der Waals surface area contributed by atoms with Crippen LogP contribution in [-0.2, 0) is 4.79 Å². The number of nitrogens with two attached hydrogens (primary N) is 1. The van der Waals surface area contributed by atoms with Crippen LogP contribution in [0.5, 0.6) is 0 Å². The predicted octanol–water partition coefficient (Wildman–Crippen LogP) is 1.49. The van der Waals surface area contributed by atoms with Gasteiger partial charge in [0, 0.05) is 18.5 Å². The Morgan fingerprint density at radius 2 is 2.06 bits per heavy atom. The second-order valence-corrected chi connectivity index (χ2v) is 4.34. The maximum absolute atomic E-state index is 11.3. The average molecular weight is 248 g/mol. The minimum Gasteiger partial charge on any atom is -0.330 e. The molecule has 0 aliphatic carbocycles. The SMILES string of the molecule is NCCC(=O)Nc1nnc(-c2ccccc2)s1. The van der Waals surface area contributed by atoms with E-state index in [0.717, 1.165) is 10.6 Å². The molecule has 0 aliphatic rings. The second-order valence-electron chi connectivity index (χ2n) is 3.37. The lowest BCUT2D eigenvalue weighted by Gasteiger charge is -1.97. The van der Waals surface area contributed by atoms with Gasteiger partial charge in [-0.25, -0.2) is 0 Å². The van der Waals surface area contributed by atoms with Crippen LogP contribution in [0.15, 0.2) is 30.3 Å². The molecule has 1 aromatic carbocycles. The normalized spacial score (nSPS) is 10.2. The molecule has 0 bridgehead atoms. The number of amides is 1. The van der Waals surface area contributed by atoms with Gasteiger partial charge in [0.05, 0.1) is 0 Å². The highest BCUT2D eigenvalue weighted by atomic mass is 32.1. The number of hydrogen-bond donors (Lipinski definition) is 2. The van der Waals surface area contributed by atoms with Gasteiger partial charge in [0.2, 0.25) is 11.0 Å². The highest BCUT2D eigenvalue weighted by Gasteiger charge is 2.08. The predicted molar refractivity (Wildman–Crippen MR) is 67.6 cm³/mol. The summed E-state index contributed by atoms with van der Waals surface area (Å²) in [5, 5.41) is 11.9. The lowest BCUT2D eigenvalue weighted by atomic mass is 10.2. The molecule has 2 aromatic rings. The third-order valence-corrected chi connectivity index (χ3v) is 2.95. The summed E-state index contributed by atoms with van der Waals surface area (Å²) in [4.78, 5) is 11.3. The molecule has 0 unspecified atom stereocenters. The number of hydrogen-bond acceptors (Lipinski definition) is 5. The minimum absolute atomic E-state index is 0.136. The van der Waals surface area contributed by atoms with Gasteiger partial charge in [-0.05, 0) is 0 Å². The number of carbonyl (C=O) groups is 1. The first kappa shape index (κ1) is 11.7. The Bertz CT molecular complexity index is 497. The summed E-state index contributed by atoms with van der Waals surface area (Å²) < 4.78 is 0. The first-order valence-electron chi connectivity index (χ1n) is 5.18. The maximum atomic E-state index is 11.3. The fourth-order valence-electron chi connectivity index (χ4n) is 1.28. The second kappa shape index (κ2) is 5.51. The van der Waals surface area contributed by atoms with Gasteiger partial charge >= 0.3 is 0 Å². The van der Waals surface area contributed by atoms with Crippen molar-refractivity contribution in [1.29, 1.82) is 0 Å². The van der Waals surface area contributed by atoms with E-state index in [1.807, 2.05) is 30.3 Å². The number of rotatable bonds is 4. The summed E-state index contributed by atoms with van der Waals surface area (Å²) in [5.74, 6) is -0.136. The number of nitrogens with zero attached hydrogens (tertiary/aromatic N) is 2. The van der Waals surface area contributed by atoms with Gasteiger partial charge in [0.25, 0.3) is 0 Å². The quantitative estimate of drug-likeness (QED) is 0.859. The van der Waals surface area contributed by atoms with Crippen LogP contribution in [0, 0.1) is 0 Å². The third-order valence-electron chi connectivity index (χ3n) is 2.06. The number of anilines is 1. The van der Waals surface area contributed by atoms with Gasteiger partial charge in [-0.1, -0.05) is 41.7 Å². The molecule has 17 heavy (non-hydrogen) atoms. The molecule has 5 nitrogen and oxygen atoms in total. The van der Waals surface area contributed by atoms with Crippen molar-refractivity contribution in [3.05, 3.63) is 30.3 Å². The van der Waals surface area contributed by atoms with E-state index in [2.05, 4.69) is 15.5 Å². The van der Waals surface area contributed by atoms with E-state index in [1.165, 1.54) is 11.3 Å². The highest BCUT2D eigenvalue weighted by Crippen LogP contribution is 2.25. The summed E-state index contributed by atoms with van der Waals surface area (Å²) in [7, 11) is 0. The number of benzene rings is 1. The Morgan fingerprint density at radius 1 is 1.29 bits per heavy atom. The molecule has 1 amide bonds. The first-order chi connectivity index (χ1) is 8.29. The smallest absolute Gasteiger partial charge is 0.227 e. The van der Waals surface area contributed by atoms with E-state index in [0.29, 0.717) is 18.1 Å². The summed E-state index contributed by atoms with van der Waals surface area (Å²) in [5.41, 5.74) is 6.28. The van der Waals surface area contributed by atoms with E-state index >= 15 is 0 Å². The van der Waals surface area contributed by atoms with E-state index < -0.39 is 0 Å². The molecular formula is C11H12N4OS. The van der Waals surface area contributed by atoms with Crippen molar-refractivity contribution in [2.75, 3.05) is 11.9 Å². The van der Waals surface area contributed by atoms with Gasteiger partial charge in [0.1, 0.15) is 5.01 Å². The van der Waals surface area contributed by atoms with Crippen LogP contribution in [-0.4, -0.2) is 22.6 Å². The molecule has 0 spiro atoms. The zero-order chi connectivity index (χ0) is 12.1. The van der Waals surface area contributed by atoms with E-state index in [1.54, 1.807) is 0 Å². The molecule has 0 saturated carbocycles. The largest absolute Gasteiger partial charge is 0.330 e. The van der Waals surface area contributed by atoms with Crippen molar-refractivity contribution < 1.29 is 4.79 Å². The van der Waals surface area contributed by atoms with Gasteiger partial charge in [-0.2, -0.15) is 0 Å². The number of carbonyl (C=O) groups excluding carboxylic acids is 1. The molecule has 0 radical (unpaired) electrons. The Kier molecular flexibility index (Phi) is 3.79. The van der Waals surface area contributed by atoms with Gasteiger partial charge in [0.15, 0.2) is 0 Å². The van der Waals surface area contributed by atoms with Crippen molar-refractivity contribution >= 4 is 22.4 Å². The van der Waals surface area contributed by atoms with Gasteiger partial charge in [-0.3, -0.25) is 4.79 Å². The molecule has 3 N–H and O–H groups in total. The topological polar surface area (TPSA) is 80.9 Å². The third kappa shape index (κ3) is 3.08. The Balaban J connectivity index is 2.09. The van der Waals surface area contributed by atoms with Crippen molar-refractivity contribution in [3.63, 3.8) is 0 Å². The molecule has 0 atom stereocenters. The fraction of sp³-hybridized carbons (Fsp3) is 0.182. The molecule has 88 valence electrons. The molecule has 1 heterocycles. The van der Waals surface area contributed by atoms with E-state index in [-0.39, 0.29) is 5.91 Å². The van der Waals surface area contributed by atoms with Gasteiger partial charge in [-0.15, -0.1) is 10.2 Å². The first-order valence-corrected chi connectivity index (χ1v) is 6.00. The van der Waals surface area contributed by atoms with Crippen LogP contribution in [0.25, 0.3) is 10.6 Å². The molecule has 0 fully saturated rings. The highest BCUT2D eigenvalue weighted by molar-refractivity contribution is 7.18. The maximum Gasteiger partial charge on any atom is 0.227 e. The summed E-state index contributed by atoms with van der Waals surface area (Å²) in [6.45, 7) is 0.330. The minimum atomic E-state index is -0.136. The monoisotopic (exact) mass is 248 g/mol. The van der Waals surface area contributed by atoms with Crippen LogP contribution in [0.4, 0.5) is 5.13 Å². The standard InChI is InChI=1S/C11H12N4OS/c12-7-6-9(16)13-11-15-14-10(17-11)8-4-2-1-3-5-8/h1-5H,6-7,12H2,(H,13,15,16). The fourth-order valence-corrected chi connectivity index (χ4v) is 2.05. The van der Waals surface area contributed by atoms with Crippen molar-refractivity contribution in [3.8, 4) is 10.6 Å². The van der Waals surface area contributed by atoms with Crippen LogP contribution < -0.4 is 11.1 Å². The Morgan fingerprint density at radius 3 is 2.76 bits per heavy atom. The van der Waals surface area contributed by atoms with Crippen molar-refractivity contribution in [2.45, 2.75) is 6.42 Å². The molecule has 0 aliphatic heterocycles. The zero-order valence-corrected chi connectivity index (χ0v) is 9.91. The molecule has 2 rings (SSSR count). The Labute approximate surface area is 103 Å². The zero-order valence-electron chi connectivity index (χ0n) is 9.09. The molecule has 6 heteroatoms. The molecule has 0 saturated heterocycles. The summed E-state index contributed by atoms with van der Waals surface area (Å²) >= 11 is 1.35. The van der Waals surface area contributed by atoms with Crippen LogP contribution in [0.2, 0.25) is 0 Å². The lowest BCUT2D eigenvalue weighted by Crippen LogP contribution is -2.15. The molecular weight excluding hydrogens is 236 g/mol. The number of nitrogens with one attached hydrogen (secondary N) is 1. The summed E-state index contributed by atoms with van der Waals surface area (Å²) in [6.07, 6.45) is 0.292. The van der Waals surface area contributed by atoms with E-state index in [4.69, 9.17) is 5.73 Å². The van der Waals surface area contributed by atoms with Crippen LogP contribution in [0.3, 0.4) is 0 Å². The average Bonchev–Trinajstić information content (AvgIpc) is 2.79. The summed E-state index contributed by atoms with van der Waals surface area (Å²) in [6, 6.07) is 9.71. The lowest BCUT2D eigenvalue weighted by molar-refractivity contribution is -0.116. The molecule has 1 aromatic heterocycles. The van der Waals surface area contributed by atoms with Crippen LogP contribution >= 0.6 is 11.3 Å². The van der Waals surface area contributed by atoms with Crippen molar-refractivity contribution in [2.24, 2.45) is 5.73 Å². The van der Waals surface area contributed by atoms with Crippen molar-refractivity contribution in [1.82, 2.24) is 10.2 Å². The van der Waals surface area contributed by atoms with Crippen LogP contribution in [0.1, 0.15) is 6.42 Å². The Hall–Kier alpha value is -1.79. The van der Waals surface area contributed by atoms with Gasteiger partial charge < -0.3 is 11.1 Å².